The maximum Gasteiger partial charge on any atom is 0.413 e. The third kappa shape index (κ3) is 1.78. The predicted molar refractivity (Wildman–Crippen MR) is 75.5 cm³/mol. The van der Waals surface area contributed by atoms with Gasteiger partial charge in [0.2, 0.25) is 0 Å². The Morgan fingerprint density at radius 1 is 1.11 bits per heavy atom. The Hall–Kier alpha value is -2.29. The Morgan fingerprint density at radius 3 is 2.63 bits per heavy atom. The molecule has 0 atom stereocenters. The largest absolute Gasteiger partial charge is 0.452 e. The minimum Gasteiger partial charge on any atom is -0.452 e. The van der Waals surface area contributed by atoms with E-state index in [0.29, 0.717) is 0 Å². The van der Waals surface area contributed by atoms with Crippen molar-refractivity contribution in [1.29, 1.82) is 0 Å². The molecule has 2 aromatic carbocycles. The van der Waals surface area contributed by atoms with E-state index < -0.39 is 0 Å². The van der Waals surface area contributed by atoms with Crippen LogP contribution in [-0.2, 0) is 11.2 Å². The molecule has 1 aliphatic carbocycles. The number of hydrogen-bond donors (Lipinski definition) is 0. The van der Waals surface area contributed by atoms with Crippen LogP contribution in [0.4, 0.5) is 10.5 Å². The summed E-state index contributed by atoms with van der Waals surface area (Å²) in [6.07, 6.45) is 0.521. The number of benzene rings is 2. The van der Waals surface area contributed by atoms with E-state index >= 15 is 0 Å². The highest BCUT2D eigenvalue weighted by Crippen LogP contribution is 2.40. The second kappa shape index (κ2) is 4.43. The molecule has 2 aromatic rings. The molecule has 0 unspecified atom stereocenters. The summed E-state index contributed by atoms with van der Waals surface area (Å²) in [5, 5.41) is 0. The number of nitrogens with zero attached hydrogens (tertiary/aromatic N) is 1. The predicted octanol–water partition coefficient (Wildman–Crippen LogP) is 3.46. The van der Waals surface area contributed by atoms with Crippen LogP contribution < -0.4 is 4.90 Å². The summed E-state index contributed by atoms with van der Waals surface area (Å²) in [4.78, 5) is 13.2. The van der Waals surface area contributed by atoms with Gasteiger partial charge in [0.15, 0.2) is 0 Å². The van der Waals surface area contributed by atoms with Crippen LogP contribution in [0.1, 0.15) is 11.1 Å². The van der Waals surface area contributed by atoms with Crippen molar-refractivity contribution in [2.75, 3.05) is 19.1 Å². The number of carbonyl (C=O) groups excluding carboxylic acids is 1. The van der Waals surface area contributed by atoms with E-state index in [1.54, 1.807) is 11.9 Å². The molecule has 3 rings (SSSR count). The van der Waals surface area contributed by atoms with Crippen LogP contribution in [-0.4, -0.2) is 20.3 Å². The van der Waals surface area contributed by atoms with Gasteiger partial charge in [0.1, 0.15) is 0 Å². The highest BCUT2D eigenvalue weighted by Gasteiger charge is 2.23. The molecule has 3 heteroatoms. The van der Waals surface area contributed by atoms with Crippen LogP contribution in [0.3, 0.4) is 0 Å². The average molecular weight is 253 g/mol. The monoisotopic (exact) mass is 253 g/mol. The molecule has 0 saturated heterocycles. The summed E-state index contributed by atoms with van der Waals surface area (Å²) >= 11 is 0. The van der Waals surface area contributed by atoms with Crippen LogP contribution in [0.15, 0.2) is 42.5 Å². The van der Waals surface area contributed by atoms with Gasteiger partial charge in [-0.3, -0.25) is 4.90 Å². The summed E-state index contributed by atoms with van der Waals surface area (Å²) in [5.41, 5.74) is 5.89. The normalized spacial score (nSPS) is 11.7. The SMILES string of the molecule is COC(=O)N(C)c1cccc2c1Cc1ccccc1-2. The van der Waals surface area contributed by atoms with Crippen molar-refractivity contribution in [3.8, 4) is 11.1 Å². The standard InChI is InChI=1S/C16H15NO2/c1-17(16(18)19-2)15-9-5-8-13-12-7-4-3-6-11(12)10-14(13)15/h3-9H,10H2,1-2H3. The lowest BCUT2D eigenvalue weighted by Crippen LogP contribution is -2.26. The van der Waals surface area contributed by atoms with E-state index in [1.807, 2.05) is 18.2 Å². The lowest BCUT2D eigenvalue weighted by molar-refractivity contribution is 0.180. The molecule has 0 radical (unpaired) electrons. The van der Waals surface area contributed by atoms with Gasteiger partial charge in [-0.25, -0.2) is 4.79 Å². The topological polar surface area (TPSA) is 29.5 Å². The third-order valence-corrected chi connectivity index (χ3v) is 3.64. The van der Waals surface area contributed by atoms with Crippen molar-refractivity contribution in [2.45, 2.75) is 6.42 Å². The Labute approximate surface area is 112 Å². The van der Waals surface area contributed by atoms with Gasteiger partial charge in [-0.2, -0.15) is 0 Å². The molecular formula is C16H15NO2. The molecule has 0 aromatic heterocycles. The van der Waals surface area contributed by atoms with Crippen molar-refractivity contribution in [3.05, 3.63) is 53.6 Å². The molecule has 96 valence electrons. The van der Waals surface area contributed by atoms with Crippen molar-refractivity contribution in [3.63, 3.8) is 0 Å². The molecule has 0 spiro atoms. The van der Waals surface area contributed by atoms with Gasteiger partial charge >= 0.3 is 6.09 Å². The minimum atomic E-state index is -0.343. The van der Waals surface area contributed by atoms with Crippen molar-refractivity contribution >= 4 is 11.8 Å². The fourth-order valence-corrected chi connectivity index (χ4v) is 2.69. The second-order valence-electron chi connectivity index (χ2n) is 4.67. The van der Waals surface area contributed by atoms with Crippen LogP contribution >= 0.6 is 0 Å². The Balaban J connectivity index is 2.11. The van der Waals surface area contributed by atoms with Gasteiger partial charge in [-0.1, -0.05) is 36.4 Å². The fourth-order valence-electron chi connectivity index (χ4n) is 2.69. The Kier molecular flexibility index (Phi) is 2.75. The summed E-state index contributed by atoms with van der Waals surface area (Å²) in [5.74, 6) is 0. The first-order valence-electron chi connectivity index (χ1n) is 6.24. The van der Waals surface area contributed by atoms with E-state index in [2.05, 4.69) is 24.3 Å². The summed E-state index contributed by atoms with van der Waals surface area (Å²) in [6.45, 7) is 0. The number of ether oxygens (including phenoxy) is 1. The van der Waals surface area contributed by atoms with Crippen LogP contribution in [0.5, 0.6) is 0 Å². The Morgan fingerprint density at radius 2 is 1.84 bits per heavy atom. The van der Waals surface area contributed by atoms with Crippen LogP contribution in [0.2, 0.25) is 0 Å². The first-order valence-corrected chi connectivity index (χ1v) is 6.24. The molecule has 0 aliphatic heterocycles. The summed E-state index contributed by atoms with van der Waals surface area (Å²) in [6, 6.07) is 14.4. The number of methoxy groups -OCH3 is 1. The zero-order valence-electron chi connectivity index (χ0n) is 11.0. The third-order valence-electron chi connectivity index (χ3n) is 3.64. The van der Waals surface area contributed by atoms with Crippen molar-refractivity contribution < 1.29 is 9.53 Å². The summed E-state index contributed by atoms with van der Waals surface area (Å²) in [7, 11) is 3.14. The van der Waals surface area contributed by atoms with Gasteiger partial charge in [0, 0.05) is 13.5 Å². The quantitative estimate of drug-likeness (QED) is 0.664. The molecule has 0 bridgehead atoms. The van der Waals surface area contributed by atoms with Crippen molar-refractivity contribution in [1.82, 2.24) is 0 Å². The van der Waals surface area contributed by atoms with Gasteiger partial charge < -0.3 is 4.74 Å². The number of amides is 1. The van der Waals surface area contributed by atoms with Crippen molar-refractivity contribution in [2.24, 2.45) is 0 Å². The average Bonchev–Trinajstić information content (AvgIpc) is 2.84. The van der Waals surface area contributed by atoms with Crippen LogP contribution in [0.25, 0.3) is 11.1 Å². The maximum atomic E-state index is 11.7. The molecule has 0 saturated carbocycles. The van der Waals surface area contributed by atoms with Gasteiger partial charge in [-0.05, 0) is 28.3 Å². The molecule has 0 heterocycles. The number of anilines is 1. The lowest BCUT2D eigenvalue weighted by atomic mass is 10.0. The molecule has 0 fully saturated rings. The zero-order chi connectivity index (χ0) is 13.4. The molecule has 1 amide bonds. The van der Waals surface area contributed by atoms with E-state index in [0.717, 1.165) is 12.1 Å². The smallest absolute Gasteiger partial charge is 0.413 e. The summed E-state index contributed by atoms with van der Waals surface area (Å²) < 4.78 is 4.79. The van der Waals surface area contributed by atoms with Crippen LogP contribution in [0, 0.1) is 0 Å². The van der Waals surface area contributed by atoms with E-state index in [4.69, 9.17) is 4.74 Å². The maximum absolute atomic E-state index is 11.7. The molecule has 3 nitrogen and oxygen atoms in total. The number of hydrogen-bond acceptors (Lipinski definition) is 2. The fraction of sp³-hybridized carbons (Fsp3) is 0.188. The Bertz CT molecular complexity index is 649. The van der Waals surface area contributed by atoms with E-state index in [1.165, 1.54) is 29.4 Å². The first kappa shape index (κ1) is 11.8. The number of carbonyl (C=O) groups is 1. The molecule has 19 heavy (non-hydrogen) atoms. The highest BCUT2D eigenvalue weighted by molar-refractivity contribution is 5.92. The number of fused-ring (bicyclic) bond motifs is 3. The first-order chi connectivity index (χ1) is 9.22. The van der Waals surface area contributed by atoms with Gasteiger partial charge in [0.25, 0.3) is 0 Å². The molecule has 0 N–H and O–H groups in total. The van der Waals surface area contributed by atoms with Gasteiger partial charge in [-0.15, -0.1) is 0 Å². The van der Waals surface area contributed by atoms with E-state index in [-0.39, 0.29) is 6.09 Å². The minimum absolute atomic E-state index is 0.343. The van der Waals surface area contributed by atoms with E-state index in [9.17, 15) is 4.79 Å². The number of rotatable bonds is 1. The zero-order valence-corrected chi connectivity index (χ0v) is 11.0. The molecule has 1 aliphatic rings. The highest BCUT2D eigenvalue weighted by atomic mass is 16.5. The van der Waals surface area contributed by atoms with Gasteiger partial charge in [0.05, 0.1) is 12.8 Å². The lowest BCUT2D eigenvalue weighted by Gasteiger charge is -2.19. The second-order valence-corrected chi connectivity index (χ2v) is 4.67. The molecular weight excluding hydrogens is 238 g/mol.